The molecule has 0 aliphatic heterocycles. The molecule has 0 bridgehead atoms. The molecule has 3 aromatic rings. The third-order valence-electron chi connectivity index (χ3n) is 4.97. The van der Waals surface area contributed by atoms with E-state index >= 15 is 0 Å². The molecular weight excluding hydrogens is 356 g/mol. The monoisotopic (exact) mass is 382 g/mol. The van der Waals surface area contributed by atoms with E-state index < -0.39 is 0 Å². The van der Waals surface area contributed by atoms with E-state index in [-0.39, 0.29) is 5.78 Å². The number of methoxy groups -OCH3 is 1. The number of carbonyl (C=O) groups excluding carboxylic acids is 1. The fraction of sp³-hybridized carbons (Fsp3) is 0.364. The third-order valence-corrected chi connectivity index (χ3v) is 5.88. The van der Waals surface area contributed by atoms with E-state index in [1.165, 1.54) is 22.7 Å². The van der Waals surface area contributed by atoms with Gasteiger partial charge in [-0.15, -0.1) is 0 Å². The standard InChI is InChI=1S/C22H26N2O2S/c1-14-7-6-8-18-15(2)11-21(23-22(14)18)27-13-20(25)19-12-16(3)24(17(19)4)9-10-26-5/h6-8,11-12H,9-10,13H2,1-5H3. The lowest BCUT2D eigenvalue weighted by Gasteiger charge is -2.09. The van der Waals surface area contributed by atoms with E-state index in [1.807, 2.05) is 19.9 Å². The highest BCUT2D eigenvalue weighted by atomic mass is 32.2. The van der Waals surface area contributed by atoms with Crippen LogP contribution in [0, 0.1) is 27.7 Å². The first kappa shape index (κ1) is 19.6. The van der Waals surface area contributed by atoms with E-state index in [2.05, 4.69) is 42.7 Å². The zero-order valence-corrected chi connectivity index (χ0v) is 17.4. The summed E-state index contributed by atoms with van der Waals surface area (Å²) in [5.41, 5.74) is 6.26. The summed E-state index contributed by atoms with van der Waals surface area (Å²) in [7, 11) is 1.69. The molecule has 0 radical (unpaired) electrons. The summed E-state index contributed by atoms with van der Waals surface area (Å²) in [6.45, 7) is 9.60. The molecular formula is C22H26N2O2S. The van der Waals surface area contributed by atoms with Gasteiger partial charge in [0.15, 0.2) is 5.78 Å². The molecule has 0 unspecified atom stereocenters. The van der Waals surface area contributed by atoms with Crippen LogP contribution in [0.2, 0.25) is 0 Å². The average molecular weight is 383 g/mol. The predicted octanol–water partition coefficient (Wildman–Crippen LogP) is 4.89. The van der Waals surface area contributed by atoms with Gasteiger partial charge in [0, 0.05) is 36.0 Å². The Morgan fingerprint density at radius 3 is 2.67 bits per heavy atom. The maximum absolute atomic E-state index is 12.8. The summed E-state index contributed by atoms with van der Waals surface area (Å²) in [5.74, 6) is 0.527. The number of thioether (sulfide) groups is 1. The van der Waals surface area contributed by atoms with Crippen molar-refractivity contribution in [3.8, 4) is 0 Å². The summed E-state index contributed by atoms with van der Waals surface area (Å²) < 4.78 is 7.31. The normalized spacial score (nSPS) is 11.3. The van der Waals surface area contributed by atoms with E-state index in [1.54, 1.807) is 7.11 Å². The quantitative estimate of drug-likeness (QED) is 0.431. The van der Waals surface area contributed by atoms with Crippen molar-refractivity contribution in [2.75, 3.05) is 19.5 Å². The van der Waals surface area contributed by atoms with E-state index in [0.717, 1.165) is 39.6 Å². The van der Waals surface area contributed by atoms with Crippen molar-refractivity contribution in [1.29, 1.82) is 0 Å². The van der Waals surface area contributed by atoms with Crippen molar-refractivity contribution < 1.29 is 9.53 Å². The predicted molar refractivity (Wildman–Crippen MR) is 112 cm³/mol. The number of para-hydroxylation sites is 1. The second-order valence-electron chi connectivity index (χ2n) is 6.89. The Kier molecular flexibility index (Phi) is 6.02. The first-order valence-electron chi connectivity index (χ1n) is 9.11. The molecule has 2 aromatic heterocycles. The number of rotatable bonds is 7. The number of aryl methyl sites for hydroxylation is 3. The van der Waals surface area contributed by atoms with Gasteiger partial charge in [-0.2, -0.15) is 0 Å². The highest BCUT2D eigenvalue weighted by Crippen LogP contribution is 2.27. The minimum Gasteiger partial charge on any atom is -0.383 e. The third kappa shape index (κ3) is 4.09. The lowest BCUT2D eigenvalue weighted by molar-refractivity contribution is 0.102. The van der Waals surface area contributed by atoms with Crippen molar-refractivity contribution in [2.45, 2.75) is 39.3 Å². The van der Waals surface area contributed by atoms with Crippen LogP contribution in [0.3, 0.4) is 0 Å². The summed E-state index contributed by atoms with van der Waals surface area (Å²) in [5, 5.41) is 2.07. The van der Waals surface area contributed by atoms with Crippen LogP contribution in [0.1, 0.15) is 32.9 Å². The van der Waals surface area contributed by atoms with Crippen LogP contribution in [0.15, 0.2) is 35.4 Å². The number of aromatic nitrogens is 2. The highest BCUT2D eigenvalue weighted by molar-refractivity contribution is 7.99. The largest absolute Gasteiger partial charge is 0.383 e. The summed E-state index contributed by atoms with van der Waals surface area (Å²) in [6.07, 6.45) is 0. The van der Waals surface area contributed by atoms with E-state index in [9.17, 15) is 4.79 Å². The minimum atomic E-state index is 0.140. The van der Waals surface area contributed by atoms with Gasteiger partial charge in [-0.25, -0.2) is 4.98 Å². The van der Waals surface area contributed by atoms with E-state index in [4.69, 9.17) is 9.72 Å². The van der Waals surface area contributed by atoms with Crippen LogP contribution >= 0.6 is 11.8 Å². The number of fused-ring (bicyclic) bond motifs is 1. The number of ketones is 1. The smallest absolute Gasteiger partial charge is 0.174 e. The van der Waals surface area contributed by atoms with Gasteiger partial charge in [0.2, 0.25) is 0 Å². The molecule has 142 valence electrons. The van der Waals surface area contributed by atoms with Crippen molar-refractivity contribution in [1.82, 2.24) is 9.55 Å². The second kappa shape index (κ2) is 8.28. The molecule has 3 rings (SSSR count). The van der Waals surface area contributed by atoms with Gasteiger partial charge >= 0.3 is 0 Å². The van der Waals surface area contributed by atoms with Crippen molar-refractivity contribution in [2.24, 2.45) is 0 Å². The van der Waals surface area contributed by atoms with Crippen LogP contribution in [0.5, 0.6) is 0 Å². The molecule has 0 saturated heterocycles. The van der Waals surface area contributed by atoms with Crippen LogP contribution in [-0.2, 0) is 11.3 Å². The Bertz CT molecular complexity index is 992. The Morgan fingerprint density at radius 2 is 1.93 bits per heavy atom. The molecule has 0 atom stereocenters. The van der Waals surface area contributed by atoms with Crippen LogP contribution in [-0.4, -0.2) is 34.8 Å². The summed E-state index contributed by atoms with van der Waals surface area (Å²) in [4.78, 5) is 17.6. The molecule has 4 nitrogen and oxygen atoms in total. The number of Topliss-reactive ketones (excluding diaryl/α,β-unsaturated/α-hetero) is 1. The van der Waals surface area contributed by atoms with Gasteiger partial charge in [0.25, 0.3) is 0 Å². The molecule has 0 aliphatic rings. The van der Waals surface area contributed by atoms with Crippen LogP contribution < -0.4 is 0 Å². The van der Waals surface area contributed by atoms with Gasteiger partial charge in [-0.3, -0.25) is 4.79 Å². The second-order valence-corrected chi connectivity index (χ2v) is 7.89. The summed E-state index contributed by atoms with van der Waals surface area (Å²) >= 11 is 1.51. The maximum Gasteiger partial charge on any atom is 0.174 e. The fourth-order valence-corrected chi connectivity index (χ4v) is 4.28. The molecule has 0 amide bonds. The topological polar surface area (TPSA) is 44.1 Å². The van der Waals surface area contributed by atoms with Gasteiger partial charge in [-0.1, -0.05) is 30.0 Å². The lowest BCUT2D eigenvalue weighted by Crippen LogP contribution is -2.09. The molecule has 0 N–H and O–H groups in total. The molecule has 0 fully saturated rings. The Balaban J connectivity index is 1.78. The van der Waals surface area contributed by atoms with Gasteiger partial charge < -0.3 is 9.30 Å². The minimum absolute atomic E-state index is 0.140. The molecule has 27 heavy (non-hydrogen) atoms. The molecule has 0 aliphatic carbocycles. The molecule has 2 heterocycles. The number of nitrogens with zero attached hydrogens (tertiary/aromatic N) is 2. The van der Waals surface area contributed by atoms with Gasteiger partial charge in [0.1, 0.15) is 0 Å². The van der Waals surface area contributed by atoms with Crippen molar-refractivity contribution in [3.05, 3.63) is 58.4 Å². The zero-order chi connectivity index (χ0) is 19.6. The fourth-order valence-electron chi connectivity index (χ4n) is 3.43. The Hall–Kier alpha value is -2.11. The number of benzene rings is 1. The number of hydrogen-bond acceptors (Lipinski definition) is 4. The van der Waals surface area contributed by atoms with Crippen molar-refractivity contribution in [3.63, 3.8) is 0 Å². The van der Waals surface area contributed by atoms with Crippen LogP contribution in [0.25, 0.3) is 10.9 Å². The number of ether oxygens (including phenoxy) is 1. The maximum atomic E-state index is 12.8. The molecule has 0 saturated carbocycles. The van der Waals surface area contributed by atoms with Crippen molar-refractivity contribution >= 4 is 28.4 Å². The number of pyridine rings is 1. The molecule has 1 aromatic carbocycles. The molecule has 5 heteroatoms. The highest BCUT2D eigenvalue weighted by Gasteiger charge is 2.16. The Morgan fingerprint density at radius 1 is 1.15 bits per heavy atom. The number of carbonyl (C=O) groups is 1. The van der Waals surface area contributed by atoms with Crippen LogP contribution in [0.4, 0.5) is 0 Å². The first-order chi connectivity index (χ1) is 12.9. The SMILES string of the molecule is COCCn1c(C)cc(C(=O)CSc2cc(C)c3cccc(C)c3n2)c1C. The van der Waals surface area contributed by atoms with E-state index in [0.29, 0.717) is 12.4 Å². The number of hydrogen-bond donors (Lipinski definition) is 0. The molecule has 0 spiro atoms. The Labute approximate surface area is 164 Å². The lowest BCUT2D eigenvalue weighted by atomic mass is 10.1. The summed E-state index contributed by atoms with van der Waals surface area (Å²) in [6, 6.07) is 10.3. The van der Waals surface area contributed by atoms with Gasteiger partial charge in [-0.05, 0) is 51.0 Å². The first-order valence-corrected chi connectivity index (χ1v) is 10.1. The average Bonchev–Trinajstić information content (AvgIpc) is 2.93. The van der Waals surface area contributed by atoms with Gasteiger partial charge in [0.05, 0.1) is 22.9 Å². The zero-order valence-electron chi connectivity index (χ0n) is 16.6.